The summed E-state index contributed by atoms with van der Waals surface area (Å²) in [5, 5.41) is 0. The van der Waals surface area contributed by atoms with Gasteiger partial charge in [0.25, 0.3) is 0 Å². The number of ether oxygens (including phenoxy) is 1. The highest BCUT2D eigenvalue weighted by atomic mass is 16.6. The Morgan fingerprint density at radius 2 is 1.35 bits per heavy atom. The second-order valence-electron chi connectivity index (χ2n) is 9.82. The summed E-state index contributed by atoms with van der Waals surface area (Å²) in [6, 6.07) is 25.6. The van der Waals surface area contributed by atoms with Crippen molar-refractivity contribution in [2.45, 2.75) is 52.7 Å². The maximum absolute atomic E-state index is 13.8. The lowest BCUT2D eigenvalue weighted by Crippen LogP contribution is -2.51. The number of hydrogen-bond donors (Lipinski definition) is 0. The largest absolute Gasteiger partial charge is 0.430 e. The first-order chi connectivity index (χ1) is 16.2. The van der Waals surface area contributed by atoms with Gasteiger partial charge in [0.15, 0.2) is 5.60 Å². The summed E-state index contributed by atoms with van der Waals surface area (Å²) in [6.45, 7) is 10.0. The fourth-order valence-corrected chi connectivity index (χ4v) is 5.06. The van der Waals surface area contributed by atoms with E-state index >= 15 is 0 Å². The van der Waals surface area contributed by atoms with Gasteiger partial charge >= 0.3 is 6.09 Å². The van der Waals surface area contributed by atoms with Crippen LogP contribution < -0.4 is 0 Å². The van der Waals surface area contributed by atoms with E-state index in [1.165, 1.54) is 4.90 Å². The Morgan fingerprint density at radius 3 is 1.82 bits per heavy atom. The van der Waals surface area contributed by atoms with Gasteiger partial charge < -0.3 is 4.74 Å². The van der Waals surface area contributed by atoms with E-state index in [9.17, 15) is 9.59 Å². The topological polar surface area (TPSA) is 46.6 Å². The summed E-state index contributed by atoms with van der Waals surface area (Å²) >= 11 is 0. The molecule has 1 aliphatic rings. The van der Waals surface area contributed by atoms with Crippen LogP contribution in [0.25, 0.3) is 0 Å². The molecule has 1 fully saturated rings. The van der Waals surface area contributed by atoms with Crippen molar-refractivity contribution in [2.24, 2.45) is 11.8 Å². The van der Waals surface area contributed by atoms with Crippen LogP contribution in [0.4, 0.5) is 4.79 Å². The van der Waals surface area contributed by atoms with E-state index in [0.717, 1.165) is 27.8 Å². The number of amides is 2. The Bertz CT molecular complexity index is 1100. The normalized spacial score (nSPS) is 18.1. The first kappa shape index (κ1) is 23.7. The number of imide groups is 1. The van der Waals surface area contributed by atoms with Crippen LogP contribution in [0.1, 0.15) is 48.6 Å². The van der Waals surface area contributed by atoms with Gasteiger partial charge in [-0.25, -0.2) is 9.69 Å². The molecule has 1 heterocycles. The SMILES string of the molecule is Cc1ccc(C2(c3ccc(C)cc3)OC(=O)N(C(=O)[C@H](C)Cc3ccccc3)[C@H]2C(C)C)cc1. The Morgan fingerprint density at radius 1 is 0.853 bits per heavy atom. The van der Waals surface area contributed by atoms with Gasteiger partial charge in [-0.3, -0.25) is 4.79 Å². The average molecular weight is 456 g/mol. The van der Waals surface area contributed by atoms with Gasteiger partial charge in [-0.15, -0.1) is 0 Å². The molecule has 4 heteroatoms. The number of nitrogens with zero attached hydrogens (tertiary/aromatic N) is 1. The summed E-state index contributed by atoms with van der Waals surface area (Å²) < 4.78 is 6.28. The van der Waals surface area contributed by atoms with Gasteiger partial charge in [-0.05, 0) is 31.7 Å². The molecule has 0 bridgehead atoms. The summed E-state index contributed by atoms with van der Waals surface area (Å²) in [7, 11) is 0. The van der Waals surface area contributed by atoms with Crippen molar-refractivity contribution in [1.82, 2.24) is 4.90 Å². The predicted molar refractivity (Wildman–Crippen MR) is 134 cm³/mol. The number of carbonyl (C=O) groups is 2. The van der Waals surface area contributed by atoms with E-state index in [4.69, 9.17) is 4.74 Å². The summed E-state index contributed by atoms with van der Waals surface area (Å²) in [5.41, 5.74) is 3.99. The summed E-state index contributed by atoms with van der Waals surface area (Å²) in [4.78, 5) is 28.6. The van der Waals surface area contributed by atoms with E-state index in [1.54, 1.807) is 0 Å². The monoisotopic (exact) mass is 455 g/mol. The van der Waals surface area contributed by atoms with Crippen molar-refractivity contribution in [3.8, 4) is 0 Å². The maximum atomic E-state index is 13.8. The van der Waals surface area contributed by atoms with Crippen LogP contribution in [0.3, 0.4) is 0 Å². The molecular weight excluding hydrogens is 422 g/mol. The third-order valence-corrected chi connectivity index (χ3v) is 6.78. The van der Waals surface area contributed by atoms with Gasteiger partial charge in [-0.2, -0.15) is 0 Å². The molecule has 3 aromatic carbocycles. The van der Waals surface area contributed by atoms with Crippen LogP contribution in [0.15, 0.2) is 78.9 Å². The van der Waals surface area contributed by atoms with Crippen LogP contribution in [-0.4, -0.2) is 22.9 Å². The van der Waals surface area contributed by atoms with Crippen molar-refractivity contribution in [3.63, 3.8) is 0 Å². The molecule has 3 aromatic rings. The molecule has 0 unspecified atom stereocenters. The fourth-order valence-electron chi connectivity index (χ4n) is 5.06. The van der Waals surface area contributed by atoms with Crippen LogP contribution >= 0.6 is 0 Å². The Balaban J connectivity index is 1.81. The fraction of sp³-hybridized carbons (Fsp3) is 0.333. The number of cyclic esters (lactones) is 1. The number of hydrogen-bond acceptors (Lipinski definition) is 3. The van der Waals surface area contributed by atoms with E-state index in [0.29, 0.717) is 6.42 Å². The smallest absolute Gasteiger partial charge is 0.418 e. The third-order valence-electron chi connectivity index (χ3n) is 6.78. The van der Waals surface area contributed by atoms with Gasteiger partial charge in [0.2, 0.25) is 5.91 Å². The van der Waals surface area contributed by atoms with E-state index in [2.05, 4.69) is 0 Å². The highest BCUT2D eigenvalue weighted by Gasteiger charge is 2.59. The maximum Gasteiger partial charge on any atom is 0.418 e. The molecule has 0 aromatic heterocycles. The number of aryl methyl sites for hydroxylation is 2. The molecule has 0 aliphatic carbocycles. The zero-order valence-electron chi connectivity index (χ0n) is 20.6. The van der Waals surface area contributed by atoms with Crippen molar-refractivity contribution in [3.05, 3.63) is 107 Å². The number of carbonyl (C=O) groups excluding carboxylic acids is 2. The Labute approximate surface area is 202 Å². The molecule has 1 saturated heterocycles. The first-order valence-corrected chi connectivity index (χ1v) is 12.0. The highest BCUT2D eigenvalue weighted by molar-refractivity contribution is 5.96. The van der Waals surface area contributed by atoms with E-state index < -0.39 is 17.7 Å². The first-order valence-electron chi connectivity index (χ1n) is 12.0. The number of rotatable bonds is 6. The molecule has 0 N–H and O–H groups in total. The quantitative estimate of drug-likeness (QED) is 0.430. The molecule has 2 amide bonds. The lowest BCUT2D eigenvalue weighted by atomic mass is 9.75. The van der Waals surface area contributed by atoms with Gasteiger partial charge in [-0.1, -0.05) is 111 Å². The molecule has 34 heavy (non-hydrogen) atoms. The van der Waals surface area contributed by atoms with Gasteiger partial charge in [0.05, 0.1) is 6.04 Å². The molecule has 4 nitrogen and oxygen atoms in total. The van der Waals surface area contributed by atoms with E-state index in [-0.39, 0.29) is 17.7 Å². The zero-order chi connectivity index (χ0) is 24.5. The average Bonchev–Trinajstić information content (AvgIpc) is 3.14. The van der Waals surface area contributed by atoms with Crippen molar-refractivity contribution >= 4 is 12.0 Å². The van der Waals surface area contributed by atoms with Crippen molar-refractivity contribution in [1.29, 1.82) is 0 Å². The molecule has 0 radical (unpaired) electrons. The van der Waals surface area contributed by atoms with Gasteiger partial charge in [0, 0.05) is 17.0 Å². The predicted octanol–water partition coefficient (Wildman–Crippen LogP) is 6.43. The van der Waals surface area contributed by atoms with Crippen LogP contribution in [0, 0.1) is 25.7 Å². The Hall–Kier alpha value is -3.40. The summed E-state index contributed by atoms with van der Waals surface area (Å²) in [5.74, 6) is -0.585. The second kappa shape index (κ2) is 9.46. The van der Waals surface area contributed by atoms with Crippen LogP contribution in [0.2, 0.25) is 0 Å². The van der Waals surface area contributed by atoms with Crippen LogP contribution in [0.5, 0.6) is 0 Å². The minimum atomic E-state index is -1.07. The highest BCUT2D eigenvalue weighted by Crippen LogP contribution is 2.48. The lowest BCUT2D eigenvalue weighted by molar-refractivity contribution is -0.134. The number of benzene rings is 3. The van der Waals surface area contributed by atoms with E-state index in [1.807, 2.05) is 113 Å². The second-order valence-corrected chi connectivity index (χ2v) is 9.82. The summed E-state index contributed by atoms with van der Waals surface area (Å²) in [6.07, 6.45) is -0.0131. The van der Waals surface area contributed by atoms with Gasteiger partial charge in [0.1, 0.15) is 0 Å². The molecule has 0 spiro atoms. The third kappa shape index (κ3) is 4.25. The van der Waals surface area contributed by atoms with Crippen LogP contribution in [-0.2, 0) is 21.6 Å². The molecule has 0 saturated carbocycles. The molecule has 176 valence electrons. The minimum Gasteiger partial charge on any atom is -0.430 e. The molecule has 4 rings (SSSR count). The molecular formula is C30H33NO3. The van der Waals surface area contributed by atoms with Crippen molar-refractivity contribution < 1.29 is 14.3 Å². The lowest BCUT2D eigenvalue weighted by Gasteiger charge is -2.38. The minimum absolute atomic E-state index is 0.0260. The van der Waals surface area contributed by atoms with Crippen molar-refractivity contribution in [2.75, 3.05) is 0 Å². The molecule has 2 atom stereocenters. The molecule has 1 aliphatic heterocycles. The standard InChI is InChI=1S/C30H33NO3/c1-20(2)27-30(25-15-11-21(3)12-16-25,26-17-13-22(4)14-18-26)34-29(33)31(27)28(32)23(5)19-24-9-7-6-8-10-24/h6-18,20,23,27H,19H2,1-5H3/t23-,27+/m1/s1. The zero-order valence-corrected chi connectivity index (χ0v) is 20.6. The Kier molecular flexibility index (Phi) is 6.60.